The molecule has 0 aromatic heterocycles. The standard InChI is InChI=1S/C11H12N4O2/c12-9(17)7-2-5-15-6-4-13-11(10(15)14-7)3-1-8(11)16/h2,4H,1,3,5-6H2,(H2,12,17). The first-order valence-corrected chi connectivity index (χ1v) is 5.54. The van der Waals surface area contributed by atoms with E-state index in [1.807, 2.05) is 4.90 Å². The molecular weight excluding hydrogens is 220 g/mol. The molecule has 1 atom stereocenters. The Bertz CT molecular complexity index is 506. The number of primary amides is 1. The van der Waals surface area contributed by atoms with E-state index in [2.05, 4.69) is 9.98 Å². The van der Waals surface area contributed by atoms with Crippen LogP contribution in [0, 0.1) is 0 Å². The zero-order valence-corrected chi connectivity index (χ0v) is 9.22. The van der Waals surface area contributed by atoms with Gasteiger partial charge in [0, 0.05) is 19.2 Å². The summed E-state index contributed by atoms with van der Waals surface area (Å²) in [5.41, 5.74) is 4.62. The number of carbonyl (C=O) groups excluding carboxylic acids is 2. The van der Waals surface area contributed by atoms with Crippen LogP contribution in [-0.2, 0) is 9.59 Å². The highest BCUT2D eigenvalue weighted by molar-refractivity contribution is 6.20. The maximum Gasteiger partial charge on any atom is 0.267 e. The molecule has 0 aromatic carbocycles. The van der Waals surface area contributed by atoms with Crippen molar-refractivity contribution in [3.8, 4) is 0 Å². The number of nitrogens with two attached hydrogens (primary N) is 1. The van der Waals surface area contributed by atoms with Crippen LogP contribution < -0.4 is 5.73 Å². The van der Waals surface area contributed by atoms with Crippen molar-refractivity contribution < 1.29 is 9.59 Å². The third-order valence-corrected chi connectivity index (χ3v) is 3.44. The second-order valence-corrected chi connectivity index (χ2v) is 4.39. The number of carbonyl (C=O) groups is 2. The van der Waals surface area contributed by atoms with E-state index in [1.165, 1.54) is 0 Å². The molecule has 1 fully saturated rings. The Hall–Kier alpha value is -1.98. The van der Waals surface area contributed by atoms with E-state index in [-0.39, 0.29) is 11.5 Å². The maximum atomic E-state index is 11.8. The Morgan fingerprint density at radius 2 is 2.29 bits per heavy atom. The van der Waals surface area contributed by atoms with Crippen molar-refractivity contribution in [2.24, 2.45) is 15.7 Å². The number of aliphatic imine (C=N–C) groups is 2. The number of Topliss-reactive ketones (excluding diaryl/α,β-unsaturated/α-hetero) is 1. The maximum absolute atomic E-state index is 11.8. The fraction of sp³-hybridized carbons (Fsp3) is 0.455. The lowest BCUT2D eigenvalue weighted by atomic mass is 9.73. The number of hydrogen-bond acceptors (Lipinski definition) is 5. The SMILES string of the molecule is NC(=O)C1=CCN2CC=NC3(CCC3=O)C2=N1. The first-order valence-electron chi connectivity index (χ1n) is 5.54. The summed E-state index contributed by atoms with van der Waals surface area (Å²) in [5.74, 6) is 0.101. The van der Waals surface area contributed by atoms with Crippen molar-refractivity contribution >= 4 is 23.7 Å². The van der Waals surface area contributed by atoms with Gasteiger partial charge in [0.1, 0.15) is 11.5 Å². The summed E-state index contributed by atoms with van der Waals surface area (Å²) in [6.45, 7) is 1.18. The first kappa shape index (κ1) is 10.2. The molecular formula is C11H12N4O2. The lowest BCUT2D eigenvalue weighted by Gasteiger charge is -2.45. The van der Waals surface area contributed by atoms with Gasteiger partial charge in [-0.05, 0) is 12.5 Å². The van der Waals surface area contributed by atoms with E-state index in [0.29, 0.717) is 31.8 Å². The molecule has 6 nitrogen and oxygen atoms in total. The van der Waals surface area contributed by atoms with E-state index >= 15 is 0 Å². The van der Waals surface area contributed by atoms with Crippen molar-refractivity contribution in [3.05, 3.63) is 11.8 Å². The van der Waals surface area contributed by atoms with Crippen LogP contribution in [0.2, 0.25) is 0 Å². The van der Waals surface area contributed by atoms with Crippen molar-refractivity contribution in [2.75, 3.05) is 13.1 Å². The van der Waals surface area contributed by atoms with Crippen LogP contribution in [0.25, 0.3) is 0 Å². The summed E-state index contributed by atoms with van der Waals surface area (Å²) in [4.78, 5) is 33.4. The highest BCUT2D eigenvalue weighted by Gasteiger charge is 2.53. The topological polar surface area (TPSA) is 88.1 Å². The van der Waals surface area contributed by atoms with Crippen LogP contribution >= 0.6 is 0 Å². The zero-order valence-electron chi connectivity index (χ0n) is 9.22. The van der Waals surface area contributed by atoms with Gasteiger partial charge in [-0.1, -0.05) is 0 Å². The Morgan fingerprint density at radius 3 is 2.88 bits per heavy atom. The number of hydrogen-bond donors (Lipinski definition) is 1. The number of amides is 1. The minimum absolute atomic E-state index is 0.0721. The predicted molar refractivity (Wildman–Crippen MR) is 61.7 cm³/mol. The monoisotopic (exact) mass is 232 g/mol. The molecule has 1 spiro atoms. The second-order valence-electron chi connectivity index (χ2n) is 4.39. The van der Waals surface area contributed by atoms with Crippen molar-refractivity contribution in [3.63, 3.8) is 0 Å². The first-order chi connectivity index (χ1) is 8.13. The molecule has 2 heterocycles. The normalized spacial score (nSPS) is 30.6. The van der Waals surface area contributed by atoms with E-state index in [1.54, 1.807) is 12.3 Å². The van der Waals surface area contributed by atoms with Crippen LogP contribution in [0.4, 0.5) is 0 Å². The Morgan fingerprint density at radius 1 is 1.47 bits per heavy atom. The molecule has 0 saturated heterocycles. The van der Waals surface area contributed by atoms with Crippen LogP contribution in [0.1, 0.15) is 12.8 Å². The molecule has 3 rings (SSSR count). The highest BCUT2D eigenvalue weighted by Crippen LogP contribution is 2.37. The zero-order chi connectivity index (χ0) is 12.0. The fourth-order valence-corrected chi connectivity index (χ4v) is 2.37. The minimum Gasteiger partial charge on any atom is -0.364 e. The average molecular weight is 232 g/mol. The summed E-state index contributed by atoms with van der Waals surface area (Å²) >= 11 is 0. The molecule has 0 aromatic rings. The second kappa shape index (κ2) is 3.26. The summed E-state index contributed by atoms with van der Waals surface area (Å²) in [5, 5.41) is 0. The fourth-order valence-electron chi connectivity index (χ4n) is 2.37. The average Bonchev–Trinajstić information content (AvgIpc) is 2.35. The van der Waals surface area contributed by atoms with Gasteiger partial charge in [0.15, 0.2) is 11.3 Å². The predicted octanol–water partition coefficient (Wildman–Crippen LogP) is -0.744. The molecule has 6 heteroatoms. The van der Waals surface area contributed by atoms with Gasteiger partial charge in [0.05, 0.1) is 6.54 Å². The number of fused-ring (bicyclic) bond motifs is 2. The molecule has 1 unspecified atom stereocenters. The van der Waals surface area contributed by atoms with Gasteiger partial charge in [0.2, 0.25) is 0 Å². The van der Waals surface area contributed by atoms with Crippen LogP contribution in [0.15, 0.2) is 21.8 Å². The quantitative estimate of drug-likeness (QED) is 0.645. The van der Waals surface area contributed by atoms with E-state index in [9.17, 15) is 9.59 Å². The summed E-state index contributed by atoms with van der Waals surface area (Å²) in [6, 6.07) is 0. The molecule has 2 N–H and O–H groups in total. The summed E-state index contributed by atoms with van der Waals surface area (Å²) in [6.07, 6.45) is 4.63. The van der Waals surface area contributed by atoms with Crippen LogP contribution in [0.5, 0.6) is 0 Å². The largest absolute Gasteiger partial charge is 0.364 e. The van der Waals surface area contributed by atoms with Crippen molar-refractivity contribution in [1.82, 2.24) is 4.90 Å². The summed E-state index contributed by atoms with van der Waals surface area (Å²) < 4.78 is 0. The van der Waals surface area contributed by atoms with Crippen LogP contribution in [0.3, 0.4) is 0 Å². The van der Waals surface area contributed by atoms with Gasteiger partial charge >= 0.3 is 0 Å². The molecule has 17 heavy (non-hydrogen) atoms. The molecule has 1 amide bonds. The Kier molecular flexibility index (Phi) is 1.95. The summed E-state index contributed by atoms with van der Waals surface area (Å²) in [7, 11) is 0. The molecule has 0 bridgehead atoms. The van der Waals surface area contributed by atoms with Gasteiger partial charge < -0.3 is 10.6 Å². The van der Waals surface area contributed by atoms with Crippen molar-refractivity contribution in [1.29, 1.82) is 0 Å². The van der Waals surface area contributed by atoms with Crippen molar-refractivity contribution in [2.45, 2.75) is 18.4 Å². The lowest BCUT2D eigenvalue weighted by Crippen LogP contribution is -2.62. The molecule has 88 valence electrons. The Balaban J connectivity index is 2.05. The van der Waals surface area contributed by atoms with Gasteiger partial charge in [0.25, 0.3) is 5.91 Å². The minimum atomic E-state index is -0.826. The van der Waals surface area contributed by atoms with Gasteiger partial charge in [-0.2, -0.15) is 0 Å². The van der Waals surface area contributed by atoms with Gasteiger partial charge in [-0.25, -0.2) is 4.99 Å². The van der Waals surface area contributed by atoms with Gasteiger partial charge in [-0.3, -0.25) is 14.6 Å². The number of rotatable bonds is 1. The lowest BCUT2D eigenvalue weighted by molar-refractivity contribution is -0.128. The number of amidine groups is 1. The van der Waals surface area contributed by atoms with E-state index < -0.39 is 11.4 Å². The van der Waals surface area contributed by atoms with Gasteiger partial charge in [-0.15, -0.1) is 0 Å². The number of ketones is 1. The Labute approximate surface area is 97.9 Å². The number of nitrogens with zero attached hydrogens (tertiary/aromatic N) is 3. The van der Waals surface area contributed by atoms with E-state index in [4.69, 9.17) is 5.73 Å². The molecule has 2 aliphatic heterocycles. The highest BCUT2D eigenvalue weighted by atomic mass is 16.1. The van der Waals surface area contributed by atoms with Crippen LogP contribution in [-0.4, -0.2) is 47.3 Å². The molecule has 1 aliphatic carbocycles. The third kappa shape index (κ3) is 1.26. The van der Waals surface area contributed by atoms with E-state index in [0.717, 1.165) is 0 Å². The smallest absolute Gasteiger partial charge is 0.267 e. The third-order valence-electron chi connectivity index (χ3n) is 3.44. The molecule has 1 saturated carbocycles. The molecule has 3 aliphatic rings. The molecule has 0 radical (unpaired) electrons.